The molecule has 0 bridgehead atoms. The fourth-order valence-electron chi connectivity index (χ4n) is 3.64. The second-order valence-corrected chi connectivity index (χ2v) is 9.55. The number of anilines is 1. The number of ether oxygens (including phenoxy) is 1. The van der Waals surface area contributed by atoms with Gasteiger partial charge in [-0.3, -0.25) is 19.7 Å². The van der Waals surface area contributed by atoms with Gasteiger partial charge in [0.25, 0.3) is 17.2 Å². The number of fused-ring (bicyclic) bond motifs is 1. The molecule has 10 nitrogen and oxygen atoms in total. The number of nitro benzene ring substituents is 1. The van der Waals surface area contributed by atoms with Crippen molar-refractivity contribution in [3.63, 3.8) is 0 Å². The number of carbonyl (C=O) groups excluding carboxylic acids is 2. The quantitative estimate of drug-likeness (QED) is 0.184. The third kappa shape index (κ3) is 5.09. The number of aromatic nitrogens is 2. The Bertz CT molecular complexity index is 1590. The summed E-state index contributed by atoms with van der Waals surface area (Å²) >= 11 is 7.12. The molecule has 2 aromatic carbocycles. The molecule has 0 aliphatic rings. The van der Waals surface area contributed by atoms with Crippen molar-refractivity contribution in [1.29, 1.82) is 0 Å². The van der Waals surface area contributed by atoms with E-state index in [2.05, 4.69) is 10.4 Å². The predicted octanol–water partition coefficient (Wildman–Crippen LogP) is 5.56. The standard InChI is InChI=1S/C25H21ClN4O6S/c1-4-36-25(33)21-18-12-37-23(27-22(31)17-11-16(30(34)35)9-10-19(17)26)20(18)24(32)29(28-21)15-7-5-14(6-8-15)13(2)3/h5-13H,4H2,1-3H3,(H,27,31). The van der Waals surface area contributed by atoms with Crippen LogP contribution in [-0.2, 0) is 4.74 Å². The molecule has 4 aromatic rings. The lowest BCUT2D eigenvalue weighted by Gasteiger charge is -2.11. The molecule has 0 aliphatic carbocycles. The van der Waals surface area contributed by atoms with Crippen LogP contribution in [0.15, 0.2) is 52.6 Å². The van der Waals surface area contributed by atoms with E-state index in [9.17, 15) is 24.5 Å². The van der Waals surface area contributed by atoms with Gasteiger partial charge < -0.3 is 10.1 Å². The van der Waals surface area contributed by atoms with E-state index in [0.29, 0.717) is 5.69 Å². The Morgan fingerprint density at radius 1 is 1.22 bits per heavy atom. The van der Waals surface area contributed by atoms with E-state index in [4.69, 9.17) is 16.3 Å². The first-order valence-electron chi connectivity index (χ1n) is 11.2. The maximum Gasteiger partial charge on any atom is 0.359 e. The number of non-ortho nitro benzene ring substituents is 1. The first-order chi connectivity index (χ1) is 17.6. The molecule has 1 N–H and O–H groups in total. The summed E-state index contributed by atoms with van der Waals surface area (Å²) < 4.78 is 6.23. The summed E-state index contributed by atoms with van der Waals surface area (Å²) in [5.74, 6) is -1.20. The largest absolute Gasteiger partial charge is 0.461 e. The lowest BCUT2D eigenvalue weighted by atomic mass is 10.0. The van der Waals surface area contributed by atoms with Gasteiger partial charge in [-0.2, -0.15) is 9.78 Å². The number of halogens is 1. The van der Waals surface area contributed by atoms with Crippen molar-refractivity contribution in [2.45, 2.75) is 26.7 Å². The van der Waals surface area contributed by atoms with Crippen LogP contribution in [0.1, 0.15) is 53.1 Å². The van der Waals surface area contributed by atoms with Crippen molar-refractivity contribution in [3.05, 3.63) is 90.2 Å². The van der Waals surface area contributed by atoms with Gasteiger partial charge in [0, 0.05) is 22.9 Å². The zero-order valence-electron chi connectivity index (χ0n) is 20.0. The number of nitrogens with one attached hydrogen (secondary N) is 1. The zero-order valence-corrected chi connectivity index (χ0v) is 21.6. The van der Waals surface area contributed by atoms with Gasteiger partial charge in [0.15, 0.2) is 5.69 Å². The lowest BCUT2D eigenvalue weighted by molar-refractivity contribution is -0.384. The molecule has 0 spiro atoms. The van der Waals surface area contributed by atoms with E-state index in [-0.39, 0.29) is 50.3 Å². The third-order valence-corrected chi connectivity index (χ3v) is 6.78. The van der Waals surface area contributed by atoms with Gasteiger partial charge in [0.2, 0.25) is 0 Å². The highest BCUT2D eigenvalue weighted by atomic mass is 35.5. The van der Waals surface area contributed by atoms with Crippen LogP contribution in [0, 0.1) is 10.1 Å². The molecule has 12 heteroatoms. The molecule has 0 atom stereocenters. The van der Waals surface area contributed by atoms with Crippen molar-refractivity contribution in [3.8, 4) is 5.69 Å². The summed E-state index contributed by atoms with van der Waals surface area (Å²) in [7, 11) is 0. The number of nitro groups is 1. The van der Waals surface area contributed by atoms with Gasteiger partial charge in [0.1, 0.15) is 5.00 Å². The van der Waals surface area contributed by atoms with Gasteiger partial charge in [0.05, 0.1) is 33.2 Å². The molecular formula is C25H21ClN4O6S. The molecule has 0 unspecified atom stereocenters. The summed E-state index contributed by atoms with van der Waals surface area (Å²) in [5.41, 5.74) is 0.373. The summed E-state index contributed by atoms with van der Waals surface area (Å²) in [4.78, 5) is 49.8. The summed E-state index contributed by atoms with van der Waals surface area (Å²) in [6.45, 7) is 5.83. The molecule has 0 fully saturated rings. The molecule has 4 rings (SSSR count). The van der Waals surface area contributed by atoms with Gasteiger partial charge in [-0.25, -0.2) is 4.79 Å². The second kappa shape index (κ2) is 10.5. The van der Waals surface area contributed by atoms with Crippen LogP contribution < -0.4 is 10.9 Å². The molecule has 2 heterocycles. The lowest BCUT2D eigenvalue weighted by Crippen LogP contribution is -2.25. The molecule has 37 heavy (non-hydrogen) atoms. The normalized spacial score (nSPS) is 11.1. The molecule has 0 aliphatic heterocycles. The van der Waals surface area contributed by atoms with Crippen LogP contribution in [0.4, 0.5) is 10.7 Å². The molecule has 0 radical (unpaired) electrons. The van der Waals surface area contributed by atoms with E-state index in [1.54, 1.807) is 19.1 Å². The first-order valence-corrected chi connectivity index (χ1v) is 12.4. The van der Waals surface area contributed by atoms with Gasteiger partial charge in [-0.15, -0.1) is 11.3 Å². The molecular weight excluding hydrogens is 520 g/mol. The number of nitrogens with zero attached hydrogens (tertiary/aromatic N) is 3. The number of amides is 1. The van der Waals surface area contributed by atoms with E-state index in [1.807, 2.05) is 26.0 Å². The number of carbonyl (C=O) groups is 2. The zero-order chi connectivity index (χ0) is 26.9. The van der Waals surface area contributed by atoms with Crippen LogP contribution in [0.5, 0.6) is 0 Å². The van der Waals surface area contributed by atoms with Gasteiger partial charge in [-0.05, 0) is 36.6 Å². The Labute approximate surface area is 219 Å². The number of hydrogen-bond acceptors (Lipinski definition) is 8. The van der Waals surface area contributed by atoms with Crippen molar-refractivity contribution >= 4 is 56.3 Å². The number of hydrogen-bond donors (Lipinski definition) is 1. The fourth-order valence-corrected chi connectivity index (χ4v) is 4.77. The monoisotopic (exact) mass is 540 g/mol. The van der Waals surface area contributed by atoms with E-state index in [1.165, 1.54) is 17.5 Å². The molecule has 1 amide bonds. The van der Waals surface area contributed by atoms with E-state index >= 15 is 0 Å². The minimum absolute atomic E-state index is 0.000458. The summed E-state index contributed by atoms with van der Waals surface area (Å²) in [6.07, 6.45) is 0. The van der Waals surface area contributed by atoms with Crippen LogP contribution in [0.25, 0.3) is 16.5 Å². The Morgan fingerprint density at radius 3 is 2.54 bits per heavy atom. The van der Waals surface area contributed by atoms with Crippen molar-refractivity contribution in [2.75, 3.05) is 11.9 Å². The third-order valence-electron chi connectivity index (χ3n) is 5.56. The number of thiophene rings is 1. The fraction of sp³-hybridized carbons (Fsp3) is 0.200. The van der Waals surface area contributed by atoms with E-state index in [0.717, 1.165) is 27.6 Å². The van der Waals surface area contributed by atoms with Gasteiger partial charge >= 0.3 is 5.97 Å². The minimum Gasteiger partial charge on any atom is -0.461 e. The summed E-state index contributed by atoms with van der Waals surface area (Å²) in [5, 5.41) is 20.0. The maximum absolute atomic E-state index is 13.6. The first kappa shape index (κ1) is 26.0. The van der Waals surface area contributed by atoms with Crippen molar-refractivity contribution in [2.24, 2.45) is 0 Å². The van der Waals surface area contributed by atoms with Crippen LogP contribution in [-0.4, -0.2) is 33.2 Å². The highest BCUT2D eigenvalue weighted by molar-refractivity contribution is 7.16. The molecule has 0 saturated heterocycles. The van der Waals surface area contributed by atoms with Gasteiger partial charge in [-0.1, -0.05) is 37.6 Å². The minimum atomic E-state index is -0.751. The Kier molecular flexibility index (Phi) is 7.37. The molecule has 0 saturated carbocycles. The van der Waals surface area contributed by atoms with Crippen LogP contribution in [0.3, 0.4) is 0 Å². The highest BCUT2D eigenvalue weighted by Gasteiger charge is 2.24. The Balaban J connectivity index is 1.86. The SMILES string of the molecule is CCOC(=O)c1nn(-c2ccc(C(C)C)cc2)c(=O)c2c(NC(=O)c3cc([N+](=O)[O-])ccc3Cl)scc12. The smallest absolute Gasteiger partial charge is 0.359 e. The van der Waals surface area contributed by atoms with Crippen molar-refractivity contribution in [1.82, 2.24) is 9.78 Å². The van der Waals surface area contributed by atoms with Crippen LogP contribution >= 0.6 is 22.9 Å². The average molecular weight is 541 g/mol. The summed E-state index contributed by atoms with van der Waals surface area (Å²) in [6, 6.07) is 10.6. The average Bonchev–Trinajstić information content (AvgIpc) is 3.28. The maximum atomic E-state index is 13.6. The topological polar surface area (TPSA) is 133 Å². The molecule has 2 aromatic heterocycles. The Hall–Kier alpha value is -4.09. The predicted molar refractivity (Wildman–Crippen MR) is 141 cm³/mol. The van der Waals surface area contributed by atoms with Crippen LogP contribution in [0.2, 0.25) is 5.02 Å². The highest BCUT2D eigenvalue weighted by Crippen LogP contribution is 2.32. The van der Waals surface area contributed by atoms with E-state index < -0.39 is 22.4 Å². The Morgan fingerprint density at radius 2 is 1.92 bits per heavy atom. The number of rotatable bonds is 7. The number of esters is 1. The molecule has 190 valence electrons. The van der Waals surface area contributed by atoms with Crippen molar-refractivity contribution < 1.29 is 19.2 Å². The number of benzene rings is 2. The second-order valence-electron chi connectivity index (χ2n) is 8.26.